The fourth-order valence-corrected chi connectivity index (χ4v) is 3.10. The summed E-state index contributed by atoms with van der Waals surface area (Å²) < 4.78 is 5.63. The normalized spacial score (nSPS) is 21.5. The molecule has 2 aliphatic rings. The molecule has 0 aromatic heterocycles. The Balaban J connectivity index is 1.50. The summed E-state index contributed by atoms with van der Waals surface area (Å²) in [6.07, 6.45) is 10.4. The van der Waals surface area contributed by atoms with Gasteiger partial charge < -0.3 is 9.64 Å². The maximum absolute atomic E-state index is 12.0. The summed E-state index contributed by atoms with van der Waals surface area (Å²) in [7, 11) is 0. The van der Waals surface area contributed by atoms with Crippen LogP contribution in [0.3, 0.4) is 0 Å². The number of hydrogen-bond donors (Lipinski definition) is 0. The molecular weight excluding hydrogens is 262 g/mol. The van der Waals surface area contributed by atoms with Crippen molar-refractivity contribution in [2.24, 2.45) is 0 Å². The van der Waals surface area contributed by atoms with E-state index >= 15 is 0 Å². The number of piperidine rings is 1. The van der Waals surface area contributed by atoms with Gasteiger partial charge in [0.1, 0.15) is 5.75 Å². The molecule has 1 atom stereocenters. The average Bonchev–Trinajstić information content (AvgIpc) is 3.08. The first-order valence-electron chi connectivity index (χ1n) is 8.00. The number of hydrogen-bond acceptors (Lipinski definition) is 2. The SMILES string of the molecule is O=C(COc1ccc(C2C=CCC2)cc1)N1CCCCC1. The number of likely N-dealkylation sites (tertiary alicyclic amines) is 1. The van der Waals surface area contributed by atoms with Gasteiger partial charge in [-0.05, 0) is 49.8 Å². The quantitative estimate of drug-likeness (QED) is 0.792. The molecule has 21 heavy (non-hydrogen) atoms. The molecule has 1 aromatic carbocycles. The highest BCUT2D eigenvalue weighted by Crippen LogP contribution is 2.29. The van der Waals surface area contributed by atoms with Gasteiger partial charge in [0.2, 0.25) is 0 Å². The van der Waals surface area contributed by atoms with Crippen LogP contribution >= 0.6 is 0 Å². The van der Waals surface area contributed by atoms with Crippen molar-refractivity contribution in [2.75, 3.05) is 19.7 Å². The second-order valence-electron chi connectivity index (χ2n) is 5.91. The van der Waals surface area contributed by atoms with Crippen molar-refractivity contribution in [3.05, 3.63) is 42.0 Å². The fraction of sp³-hybridized carbons (Fsp3) is 0.500. The van der Waals surface area contributed by atoms with E-state index in [0.29, 0.717) is 5.92 Å². The molecule has 1 aromatic rings. The van der Waals surface area contributed by atoms with Crippen LogP contribution in [0, 0.1) is 0 Å². The first-order chi connectivity index (χ1) is 10.3. The van der Waals surface area contributed by atoms with E-state index in [9.17, 15) is 4.79 Å². The molecular formula is C18H23NO2. The molecule has 112 valence electrons. The van der Waals surface area contributed by atoms with Crippen molar-refractivity contribution in [1.29, 1.82) is 0 Å². The van der Waals surface area contributed by atoms with Gasteiger partial charge in [0, 0.05) is 19.0 Å². The third-order valence-electron chi connectivity index (χ3n) is 4.39. The molecule has 1 aliphatic carbocycles. The van der Waals surface area contributed by atoms with E-state index in [4.69, 9.17) is 4.74 Å². The van der Waals surface area contributed by atoms with E-state index < -0.39 is 0 Å². The van der Waals surface area contributed by atoms with Crippen LogP contribution in [0.15, 0.2) is 36.4 Å². The second-order valence-corrected chi connectivity index (χ2v) is 5.91. The summed E-state index contributed by atoms with van der Waals surface area (Å²) >= 11 is 0. The van der Waals surface area contributed by atoms with E-state index in [1.807, 2.05) is 17.0 Å². The Hall–Kier alpha value is -1.77. The van der Waals surface area contributed by atoms with Crippen LogP contribution in [0.4, 0.5) is 0 Å². The molecule has 0 spiro atoms. The molecule has 3 rings (SSSR count). The fourth-order valence-electron chi connectivity index (χ4n) is 3.10. The lowest BCUT2D eigenvalue weighted by Crippen LogP contribution is -2.38. The highest BCUT2D eigenvalue weighted by molar-refractivity contribution is 5.77. The summed E-state index contributed by atoms with van der Waals surface area (Å²) in [5.41, 5.74) is 1.33. The van der Waals surface area contributed by atoms with Gasteiger partial charge in [0.05, 0.1) is 0 Å². The molecule has 3 heteroatoms. The van der Waals surface area contributed by atoms with Crippen molar-refractivity contribution in [3.8, 4) is 5.75 Å². The number of benzene rings is 1. The molecule has 1 unspecified atom stereocenters. The molecule has 0 bridgehead atoms. The number of rotatable bonds is 4. The number of ether oxygens (including phenoxy) is 1. The van der Waals surface area contributed by atoms with Gasteiger partial charge in [-0.2, -0.15) is 0 Å². The monoisotopic (exact) mass is 285 g/mol. The van der Waals surface area contributed by atoms with Gasteiger partial charge in [-0.25, -0.2) is 0 Å². The van der Waals surface area contributed by atoms with E-state index in [1.54, 1.807) is 0 Å². The average molecular weight is 285 g/mol. The molecule has 3 nitrogen and oxygen atoms in total. The van der Waals surface area contributed by atoms with Crippen molar-refractivity contribution in [3.63, 3.8) is 0 Å². The molecule has 1 saturated heterocycles. The zero-order valence-corrected chi connectivity index (χ0v) is 12.5. The van der Waals surface area contributed by atoms with Gasteiger partial charge in [0.15, 0.2) is 6.61 Å². The smallest absolute Gasteiger partial charge is 0.260 e. The highest BCUT2D eigenvalue weighted by Gasteiger charge is 2.17. The molecule has 0 N–H and O–H groups in total. The maximum atomic E-state index is 12.0. The Morgan fingerprint density at radius 1 is 1.14 bits per heavy atom. The lowest BCUT2D eigenvalue weighted by atomic mass is 9.99. The van der Waals surface area contributed by atoms with E-state index in [-0.39, 0.29) is 12.5 Å². The number of nitrogens with zero attached hydrogens (tertiary/aromatic N) is 1. The third kappa shape index (κ3) is 3.66. The van der Waals surface area contributed by atoms with Crippen LogP contribution < -0.4 is 4.74 Å². The predicted molar refractivity (Wildman–Crippen MR) is 83.5 cm³/mol. The molecule has 1 aliphatic heterocycles. The van der Waals surface area contributed by atoms with E-state index in [2.05, 4.69) is 24.3 Å². The summed E-state index contributed by atoms with van der Waals surface area (Å²) in [6, 6.07) is 8.18. The van der Waals surface area contributed by atoms with Crippen LogP contribution in [0.2, 0.25) is 0 Å². The van der Waals surface area contributed by atoms with Crippen LogP contribution in [-0.2, 0) is 4.79 Å². The Kier molecular flexibility index (Phi) is 4.59. The van der Waals surface area contributed by atoms with Crippen molar-refractivity contribution in [2.45, 2.75) is 38.0 Å². The van der Waals surface area contributed by atoms with Crippen molar-refractivity contribution in [1.82, 2.24) is 4.90 Å². The Labute approximate surface area is 126 Å². The summed E-state index contributed by atoms with van der Waals surface area (Å²) in [4.78, 5) is 14.0. The van der Waals surface area contributed by atoms with Gasteiger partial charge >= 0.3 is 0 Å². The minimum Gasteiger partial charge on any atom is -0.484 e. The summed E-state index contributed by atoms with van der Waals surface area (Å²) in [6.45, 7) is 1.92. The van der Waals surface area contributed by atoms with Crippen molar-refractivity contribution < 1.29 is 9.53 Å². The predicted octanol–water partition coefficient (Wildman–Crippen LogP) is 3.51. The van der Waals surface area contributed by atoms with Crippen LogP contribution in [-0.4, -0.2) is 30.5 Å². The van der Waals surface area contributed by atoms with Crippen LogP contribution in [0.25, 0.3) is 0 Å². The first kappa shape index (κ1) is 14.2. The van der Waals surface area contributed by atoms with E-state index in [0.717, 1.165) is 31.7 Å². The largest absolute Gasteiger partial charge is 0.484 e. The zero-order chi connectivity index (χ0) is 14.5. The third-order valence-corrected chi connectivity index (χ3v) is 4.39. The highest BCUT2D eigenvalue weighted by atomic mass is 16.5. The van der Waals surface area contributed by atoms with Gasteiger partial charge in [0.25, 0.3) is 5.91 Å². The summed E-state index contributed by atoms with van der Waals surface area (Å²) in [5, 5.41) is 0. The Morgan fingerprint density at radius 2 is 1.90 bits per heavy atom. The van der Waals surface area contributed by atoms with Gasteiger partial charge in [-0.15, -0.1) is 0 Å². The van der Waals surface area contributed by atoms with Crippen LogP contribution in [0.5, 0.6) is 5.75 Å². The minimum absolute atomic E-state index is 0.109. The second kappa shape index (κ2) is 6.79. The van der Waals surface area contributed by atoms with Gasteiger partial charge in [-0.1, -0.05) is 24.3 Å². The number of carbonyl (C=O) groups excluding carboxylic acids is 1. The zero-order valence-electron chi connectivity index (χ0n) is 12.5. The lowest BCUT2D eigenvalue weighted by molar-refractivity contribution is -0.134. The molecule has 1 fully saturated rings. The number of amides is 1. The lowest BCUT2D eigenvalue weighted by Gasteiger charge is -2.26. The standard InChI is InChI=1S/C18H23NO2/c20-18(19-12-4-1-5-13-19)14-21-17-10-8-16(9-11-17)15-6-2-3-7-15/h2,6,8-11,15H,1,3-5,7,12-14H2. The minimum atomic E-state index is 0.109. The number of carbonyl (C=O) groups is 1. The molecule has 0 saturated carbocycles. The molecule has 0 radical (unpaired) electrons. The maximum Gasteiger partial charge on any atom is 0.260 e. The molecule has 1 heterocycles. The number of allylic oxidation sites excluding steroid dienone is 2. The Bertz CT molecular complexity index is 500. The first-order valence-corrected chi connectivity index (χ1v) is 8.00. The van der Waals surface area contributed by atoms with Gasteiger partial charge in [-0.3, -0.25) is 4.79 Å². The van der Waals surface area contributed by atoms with Crippen LogP contribution in [0.1, 0.15) is 43.6 Å². The van der Waals surface area contributed by atoms with E-state index in [1.165, 1.54) is 24.8 Å². The topological polar surface area (TPSA) is 29.5 Å². The van der Waals surface area contributed by atoms with Crippen molar-refractivity contribution >= 4 is 5.91 Å². The molecule has 1 amide bonds. The Morgan fingerprint density at radius 3 is 2.57 bits per heavy atom. The summed E-state index contributed by atoms with van der Waals surface area (Å²) in [5.74, 6) is 1.44.